The molecular formula is C31H36N4O5. The molecular weight excluding hydrogens is 508 g/mol. The van der Waals surface area contributed by atoms with Gasteiger partial charge >= 0.3 is 0 Å². The minimum atomic E-state index is -0.453. The zero-order valence-corrected chi connectivity index (χ0v) is 23.1. The van der Waals surface area contributed by atoms with Gasteiger partial charge in [0.1, 0.15) is 6.04 Å². The average molecular weight is 545 g/mol. The van der Waals surface area contributed by atoms with Crippen LogP contribution >= 0.6 is 0 Å². The Morgan fingerprint density at radius 1 is 1.07 bits per heavy atom. The number of nitrogens with one attached hydrogen (secondary N) is 1. The fourth-order valence-electron chi connectivity index (χ4n) is 6.14. The molecule has 0 spiro atoms. The number of benzene rings is 2. The SMILES string of the molecule is CC(C)CN1CC(=O)N2Cc3c(c4ccccc4n3Cc3ccc(C(=O)NOC4CCCCO4)cc3)CC2C1=O. The molecule has 3 aliphatic heterocycles. The first-order chi connectivity index (χ1) is 19.4. The molecule has 6 rings (SSSR count). The molecule has 3 amide bonds. The molecule has 4 heterocycles. The molecule has 1 N–H and O–H groups in total. The molecule has 2 aromatic carbocycles. The lowest BCUT2D eigenvalue weighted by molar-refractivity contribution is -0.186. The molecule has 3 aromatic rings. The number of amides is 3. The van der Waals surface area contributed by atoms with Crippen molar-refractivity contribution in [1.82, 2.24) is 19.8 Å². The van der Waals surface area contributed by atoms with Crippen molar-refractivity contribution in [2.24, 2.45) is 5.92 Å². The van der Waals surface area contributed by atoms with Crippen LogP contribution in [0.2, 0.25) is 0 Å². The highest BCUT2D eigenvalue weighted by atomic mass is 16.8. The van der Waals surface area contributed by atoms with Gasteiger partial charge in [-0.05, 0) is 48.1 Å². The summed E-state index contributed by atoms with van der Waals surface area (Å²) in [4.78, 5) is 48.1. The van der Waals surface area contributed by atoms with Crippen molar-refractivity contribution in [1.29, 1.82) is 0 Å². The van der Waals surface area contributed by atoms with E-state index in [2.05, 4.69) is 36.0 Å². The summed E-state index contributed by atoms with van der Waals surface area (Å²) in [6.45, 7) is 6.51. The number of hydroxylamine groups is 1. The lowest BCUT2D eigenvalue weighted by atomic mass is 9.93. The van der Waals surface area contributed by atoms with E-state index in [0.717, 1.165) is 47.0 Å². The van der Waals surface area contributed by atoms with E-state index >= 15 is 0 Å². The number of fused-ring (bicyclic) bond motifs is 4. The lowest BCUT2D eigenvalue weighted by Gasteiger charge is -2.43. The topological polar surface area (TPSA) is 93.1 Å². The number of carbonyl (C=O) groups is 3. The Bertz CT molecular complexity index is 1420. The van der Waals surface area contributed by atoms with Gasteiger partial charge in [0.05, 0.1) is 13.1 Å². The van der Waals surface area contributed by atoms with Crippen LogP contribution in [0.5, 0.6) is 0 Å². The maximum atomic E-state index is 13.4. The van der Waals surface area contributed by atoms with E-state index < -0.39 is 12.3 Å². The number of hydrogen-bond donors (Lipinski definition) is 1. The van der Waals surface area contributed by atoms with Crippen LogP contribution in [0.4, 0.5) is 0 Å². The molecule has 0 bridgehead atoms. The van der Waals surface area contributed by atoms with Crippen LogP contribution in [0.1, 0.15) is 60.3 Å². The van der Waals surface area contributed by atoms with Crippen molar-refractivity contribution in [2.45, 2.75) is 65.0 Å². The number of para-hydroxylation sites is 1. The molecule has 3 aliphatic rings. The van der Waals surface area contributed by atoms with Crippen LogP contribution in [0.15, 0.2) is 48.5 Å². The lowest BCUT2D eigenvalue weighted by Crippen LogP contribution is -2.62. The van der Waals surface area contributed by atoms with Crippen LogP contribution in [0, 0.1) is 5.92 Å². The Hall–Kier alpha value is -3.69. The molecule has 210 valence electrons. The molecule has 2 atom stereocenters. The summed E-state index contributed by atoms with van der Waals surface area (Å²) >= 11 is 0. The number of nitrogens with zero attached hydrogens (tertiary/aromatic N) is 3. The summed E-state index contributed by atoms with van der Waals surface area (Å²) < 4.78 is 7.75. The first-order valence-electron chi connectivity index (χ1n) is 14.2. The molecule has 0 aliphatic carbocycles. The Kier molecular flexibility index (Phi) is 7.33. The fourth-order valence-corrected chi connectivity index (χ4v) is 6.14. The van der Waals surface area contributed by atoms with E-state index in [1.165, 1.54) is 0 Å². The van der Waals surface area contributed by atoms with E-state index in [1.54, 1.807) is 21.9 Å². The van der Waals surface area contributed by atoms with Gasteiger partial charge < -0.3 is 19.1 Å². The van der Waals surface area contributed by atoms with Gasteiger partial charge in [-0.3, -0.25) is 14.4 Å². The van der Waals surface area contributed by atoms with Gasteiger partial charge in [-0.1, -0.05) is 44.2 Å². The number of hydrogen-bond acceptors (Lipinski definition) is 5. The van der Waals surface area contributed by atoms with Crippen LogP contribution < -0.4 is 5.48 Å². The van der Waals surface area contributed by atoms with Crippen LogP contribution in [-0.4, -0.2) is 64.1 Å². The number of piperazine rings is 1. The summed E-state index contributed by atoms with van der Waals surface area (Å²) in [5, 5.41) is 1.12. The predicted molar refractivity (Wildman–Crippen MR) is 149 cm³/mol. The van der Waals surface area contributed by atoms with Crippen LogP contribution in [-0.2, 0) is 38.7 Å². The van der Waals surface area contributed by atoms with Crippen molar-refractivity contribution in [3.8, 4) is 0 Å². The standard InChI is InChI=1S/C31H36N4O5/c1-20(2)16-33-19-28(36)35-18-27-24(15-26(35)31(33)38)23-7-3-4-8-25(23)34(27)17-21-10-12-22(13-11-21)30(37)32-40-29-9-5-6-14-39-29/h3-4,7-8,10-13,20,26,29H,5-6,9,14-19H2,1-2H3,(H,32,37). The van der Waals surface area contributed by atoms with E-state index in [4.69, 9.17) is 9.57 Å². The molecule has 40 heavy (non-hydrogen) atoms. The second-order valence-corrected chi connectivity index (χ2v) is 11.4. The Labute approximate surface area is 234 Å². The van der Waals surface area contributed by atoms with Gasteiger partial charge in [-0.25, -0.2) is 10.3 Å². The second kappa shape index (κ2) is 11.1. The van der Waals surface area contributed by atoms with Gasteiger partial charge in [-0.15, -0.1) is 0 Å². The molecule has 2 unspecified atom stereocenters. The van der Waals surface area contributed by atoms with Gasteiger partial charge in [0, 0.05) is 54.7 Å². The van der Waals surface area contributed by atoms with Crippen molar-refractivity contribution in [2.75, 3.05) is 19.7 Å². The van der Waals surface area contributed by atoms with Gasteiger partial charge in [-0.2, -0.15) is 0 Å². The van der Waals surface area contributed by atoms with E-state index in [-0.39, 0.29) is 24.3 Å². The summed E-state index contributed by atoms with van der Waals surface area (Å²) in [6, 6.07) is 15.2. The first-order valence-corrected chi connectivity index (χ1v) is 14.2. The quantitative estimate of drug-likeness (QED) is 0.459. The Morgan fingerprint density at radius 2 is 1.88 bits per heavy atom. The molecule has 1 aromatic heterocycles. The maximum Gasteiger partial charge on any atom is 0.274 e. The predicted octanol–water partition coefficient (Wildman–Crippen LogP) is 3.63. The molecule has 2 saturated heterocycles. The van der Waals surface area contributed by atoms with Crippen molar-refractivity contribution in [3.05, 3.63) is 70.9 Å². The number of rotatable bonds is 7. The number of carbonyl (C=O) groups excluding carboxylic acids is 3. The van der Waals surface area contributed by atoms with Gasteiger partial charge in [0.25, 0.3) is 5.91 Å². The second-order valence-electron chi connectivity index (χ2n) is 11.4. The minimum absolute atomic E-state index is 0.00363. The zero-order valence-electron chi connectivity index (χ0n) is 23.1. The first kappa shape index (κ1) is 26.5. The molecule has 9 heteroatoms. The molecule has 9 nitrogen and oxygen atoms in total. The summed E-state index contributed by atoms with van der Waals surface area (Å²) in [7, 11) is 0. The van der Waals surface area contributed by atoms with Crippen LogP contribution in [0.3, 0.4) is 0 Å². The largest absolute Gasteiger partial charge is 0.350 e. The summed E-state index contributed by atoms with van der Waals surface area (Å²) in [5.41, 5.74) is 7.33. The highest BCUT2D eigenvalue weighted by molar-refractivity contribution is 5.97. The van der Waals surface area contributed by atoms with E-state index in [1.807, 2.05) is 24.3 Å². The smallest absolute Gasteiger partial charge is 0.274 e. The van der Waals surface area contributed by atoms with Crippen molar-refractivity contribution >= 4 is 28.6 Å². The third kappa shape index (κ3) is 5.11. The number of aromatic nitrogens is 1. The zero-order chi connectivity index (χ0) is 27.8. The monoisotopic (exact) mass is 544 g/mol. The fraction of sp³-hybridized carbons (Fsp3) is 0.452. The third-order valence-corrected chi connectivity index (χ3v) is 8.09. The van der Waals surface area contributed by atoms with Gasteiger partial charge in [0.15, 0.2) is 6.29 Å². The number of ether oxygens (including phenoxy) is 1. The maximum absolute atomic E-state index is 13.4. The average Bonchev–Trinajstić information content (AvgIpc) is 3.27. The van der Waals surface area contributed by atoms with Crippen molar-refractivity contribution in [3.63, 3.8) is 0 Å². The minimum Gasteiger partial charge on any atom is -0.350 e. The highest BCUT2D eigenvalue weighted by Crippen LogP contribution is 2.35. The van der Waals surface area contributed by atoms with E-state index in [0.29, 0.717) is 44.1 Å². The third-order valence-electron chi connectivity index (χ3n) is 8.09. The molecule has 2 fully saturated rings. The van der Waals surface area contributed by atoms with Crippen molar-refractivity contribution < 1.29 is 24.0 Å². The molecule has 0 saturated carbocycles. The normalized spacial score (nSPS) is 21.1. The molecule has 0 radical (unpaired) electrons. The van der Waals surface area contributed by atoms with Crippen LogP contribution in [0.25, 0.3) is 10.9 Å². The highest BCUT2D eigenvalue weighted by Gasteiger charge is 2.43. The Balaban J connectivity index is 1.22. The summed E-state index contributed by atoms with van der Waals surface area (Å²) in [6.07, 6.45) is 2.92. The van der Waals surface area contributed by atoms with E-state index in [9.17, 15) is 14.4 Å². The summed E-state index contributed by atoms with van der Waals surface area (Å²) in [5.74, 6) is 0.0446. The van der Waals surface area contributed by atoms with Gasteiger partial charge in [0.2, 0.25) is 11.8 Å². The Morgan fingerprint density at radius 3 is 2.62 bits per heavy atom.